The van der Waals surface area contributed by atoms with E-state index in [1.54, 1.807) is 0 Å². The van der Waals surface area contributed by atoms with Gasteiger partial charge in [-0.2, -0.15) is 13.2 Å². The van der Waals surface area contributed by atoms with Crippen LogP contribution in [0.1, 0.15) is 37.3 Å². The number of rotatable bonds is 4. The van der Waals surface area contributed by atoms with Crippen molar-refractivity contribution in [3.8, 4) is 0 Å². The molecule has 4 nitrogen and oxygen atoms in total. The van der Waals surface area contributed by atoms with E-state index in [1.807, 2.05) is 13.8 Å². The normalized spacial score (nSPS) is 28.4. The molecule has 1 heterocycles. The molecule has 1 aromatic rings. The zero-order valence-electron chi connectivity index (χ0n) is 14.2. The first-order chi connectivity index (χ1) is 11.7. The Labute approximate surface area is 144 Å². The molecule has 1 aliphatic carbocycles. The quantitative estimate of drug-likeness (QED) is 0.901. The van der Waals surface area contributed by atoms with E-state index in [-0.39, 0.29) is 23.8 Å². The lowest BCUT2D eigenvalue weighted by Gasteiger charge is -2.38. The average molecular weight is 357 g/mol. The van der Waals surface area contributed by atoms with Crippen LogP contribution in [0, 0.1) is 5.92 Å². The van der Waals surface area contributed by atoms with Crippen LogP contribution in [0.2, 0.25) is 0 Å². The maximum Gasteiger partial charge on any atom is 0.416 e. The molecule has 1 unspecified atom stereocenters. The van der Waals surface area contributed by atoms with Gasteiger partial charge < -0.3 is 14.8 Å². The Hall–Kier alpha value is -1.60. The lowest BCUT2D eigenvalue weighted by Crippen LogP contribution is -2.52. The number of benzene rings is 1. The van der Waals surface area contributed by atoms with Crippen LogP contribution in [-0.2, 0) is 20.4 Å². The molecule has 7 heteroatoms. The van der Waals surface area contributed by atoms with E-state index in [2.05, 4.69) is 5.32 Å². The third-order valence-corrected chi connectivity index (χ3v) is 4.91. The van der Waals surface area contributed by atoms with Gasteiger partial charge in [-0.1, -0.05) is 12.1 Å². The highest BCUT2D eigenvalue weighted by Gasteiger charge is 2.45. The zero-order valence-corrected chi connectivity index (χ0v) is 14.2. The van der Waals surface area contributed by atoms with Crippen LogP contribution >= 0.6 is 0 Å². The number of ether oxygens (including phenoxy) is 2. The first-order valence-corrected chi connectivity index (χ1v) is 8.39. The number of alkyl halides is 3. The summed E-state index contributed by atoms with van der Waals surface area (Å²) in [6, 6.07) is 5.06. The highest BCUT2D eigenvalue weighted by Crippen LogP contribution is 2.48. The number of carbonyl (C=O) groups excluding carboxylic acids is 1. The van der Waals surface area contributed by atoms with Crippen LogP contribution in [0.15, 0.2) is 24.3 Å². The predicted molar refractivity (Wildman–Crippen MR) is 85.1 cm³/mol. The van der Waals surface area contributed by atoms with E-state index in [9.17, 15) is 18.0 Å². The SMILES string of the molecule is CC1(C)OCCOC1CNC(=O)[C@@H]1C[C@H]1c1ccc(C(F)(F)F)cc1. The number of hydrogen-bond acceptors (Lipinski definition) is 3. The summed E-state index contributed by atoms with van der Waals surface area (Å²) in [7, 11) is 0. The monoisotopic (exact) mass is 357 g/mol. The first-order valence-electron chi connectivity index (χ1n) is 8.39. The van der Waals surface area contributed by atoms with Crippen molar-refractivity contribution in [2.24, 2.45) is 5.92 Å². The highest BCUT2D eigenvalue weighted by molar-refractivity contribution is 5.82. The zero-order chi connectivity index (χ0) is 18.2. The minimum absolute atomic E-state index is 0.0150. The summed E-state index contributed by atoms with van der Waals surface area (Å²) in [4.78, 5) is 12.3. The molecule has 3 rings (SSSR count). The van der Waals surface area contributed by atoms with Gasteiger partial charge in [0.2, 0.25) is 5.91 Å². The van der Waals surface area contributed by atoms with Gasteiger partial charge in [0, 0.05) is 12.5 Å². The van der Waals surface area contributed by atoms with E-state index in [4.69, 9.17) is 9.47 Å². The molecular formula is C18H22F3NO3. The van der Waals surface area contributed by atoms with Gasteiger partial charge in [-0.15, -0.1) is 0 Å². The Morgan fingerprint density at radius 2 is 1.92 bits per heavy atom. The van der Waals surface area contributed by atoms with E-state index in [1.165, 1.54) is 12.1 Å². The van der Waals surface area contributed by atoms with Crippen molar-refractivity contribution in [3.05, 3.63) is 35.4 Å². The first kappa shape index (κ1) is 18.2. The third-order valence-electron chi connectivity index (χ3n) is 4.91. The molecule has 0 aromatic heterocycles. The number of halogens is 3. The standard InChI is InChI=1S/C18H22F3NO3/c1-17(2)15(24-7-8-25-17)10-22-16(23)14-9-13(14)11-3-5-12(6-4-11)18(19,20)21/h3-6,13-15H,7-10H2,1-2H3,(H,22,23)/t13-,14+,15?/m0/s1. The molecule has 0 spiro atoms. The van der Waals surface area contributed by atoms with Crippen LogP contribution in [0.3, 0.4) is 0 Å². The molecule has 1 aliphatic heterocycles. The molecule has 2 aliphatic rings. The summed E-state index contributed by atoms with van der Waals surface area (Å²) >= 11 is 0. The van der Waals surface area contributed by atoms with Gasteiger partial charge >= 0.3 is 6.18 Å². The van der Waals surface area contributed by atoms with Crippen LogP contribution in [0.5, 0.6) is 0 Å². The largest absolute Gasteiger partial charge is 0.416 e. The molecule has 1 amide bonds. The maximum atomic E-state index is 12.6. The maximum absolute atomic E-state index is 12.6. The molecular weight excluding hydrogens is 335 g/mol. The highest BCUT2D eigenvalue weighted by atomic mass is 19.4. The fourth-order valence-corrected chi connectivity index (χ4v) is 3.19. The second-order valence-electron chi connectivity index (χ2n) is 7.12. The molecule has 1 saturated carbocycles. The van der Waals surface area contributed by atoms with E-state index in [0.29, 0.717) is 26.2 Å². The van der Waals surface area contributed by atoms with Gasteiger partial charge in [0.05, 0.1) is 24.4 Å². The molecule has 1 aromatic carbocycles. The van der Waals surface area contributed by atoms with Gasteiger partial charge in [-0.05, 0) is 43.9 Å². The summed E-state index contributed by atoms with van der Waals surface area (Å²) < 4.78 is 49.1. The van der Waals surface area contributed by atoms with Gasteiger partial charge in [0.15, 0.2) is 0 Å². The molecule has 1 N–H and O–H groups in total. The molecule has 0 bridgehead atoms. The fourth-order valence-electron chi connectivity index (χ4n) is 3.19. The van der Waals surface area contributed by atoms with Crippen molar-refractivity contribution >= 4 is 5.91 Å². The minimum Gasteiger partial charge on any atom is -0.371 e. The number of amides is 1. The van der Waals surface area contributed by atoms with Crippen molar-refractivity contribution in [1.82, 2.24) is 5.32 Å². The van der Waals surface area contributed by atoms with Crippen LogP contribution < -0.4 is 5.32 Å². The summed E-state index contributed by atoms with van der Waals surface area (Å²) in [6.07, 6.45) is -3.90. The number of nitrogens with one attached hydrogen (secondary N) is 1. The average Bonchev–Trinajstić information content (AvgIpc) is 3.33. The van der Waals surface area contributed by atoms with Crippen LogP contribution in [-0.4, -0.2) is 37.4 Å². The summed E-state index contributed by atoms with van der Waals surface area (Å²) in [5.74, 6) is -0.293. The molecule has 2 fully saturated rings. The lowest BCUT2D eigenvalue weighted by atomic mass is 10.00. The topological polar surface area (TPSA) is 47.6 Å². The van der Waals surface area contributed by atoms with Gasteiger partial charge in [0.1, 0.15) is 6.10 Å². The molecule has 1 saturated heterocycles. The van der Waals surface area contributed by atoms with Gasteiger partial charge in [-0.25, -0.2) is 0 Å². The second-order valence-corrected chi connectivity index (χ2v) is 7.12. The molecule has 3 atom stereocenters. The van der Waals surface area contributed by atoms with Crippen molar-refractivity contribution < 1.29 is 27.4 Å². The van der Waals surface area contributed by atoms with E-state index < -0.39 is 17.3 Å². The van der Waals surface area contributed by atoms with E-state index in [0.717, 1.165) is 17.7 Å². The summed E-state index contributed by atoms with van der Waals surface area (Å²) in [5, 5.41) is 2.88. The molecule has 25 heavy (non-hydrogen) atoms. The Morgan fingerprint density at radius 1 is 1.24 bits per heavy atom. The lowest BCUT2D eigenvalue weighted by molar-refractivity contribution is -0.184. The number of carbonyl (C=O) groups is 1. The Kier molecular flexibility index (Phi) is 4.81. The fraction of sp³-hybridized carbons (Fsp3) is 0.611. The minimum atomic E-state index is -4.34. The third kappa shape index (κ3) is 4.15. The Balaban J connectivity index is 1.52. The predicted octanol–water partition coefficient (Wildman–Crippen LogP) is 3.12. The molecule has 138 valence electrons. The van der Waals surface area contributed by atoms with Crippen molar-refractivity contribution in [3.63, 3.8) is 0 Å². The van der Waals surface area contributed by atoms with Crippen molar-refractivity contribution in [2.45, 2.75) is 44.1 Å². The molecule has 0 radical (unpaired) electrons. The van der Waals surface area contributed by atoms with Crippen LogP contribution in [0.25, 0.3) is 0 Å². The van der Waals surface area contributed by atoms with Gasteiger partial charge in [0.25, 0.3) is 0 Å². The summed E-state index contributed by atoms with van der Waals surface area (Å²) in [6.45, 7) is 5.25. The Morgan fingerprint density at radius 3 is 2.52 bits per heavy atom. The van der Waals surface area contributed by atoms with Gasteiger partial charge in [-0.3, -0.25) is 4.79 Å². The smallest absolute Gasteiger partial charge is 0.371 e. The number of hydrogen-bond donors (Lipinski definition) is 1. The summed E-state index contributed by atoms with van der Waals surface area (Å²) in [5.41, 5.74) is -0.359. The Bertz CT molecular complexity index is 627. The van der Waals surface area contributed by atoms with Crippen molar-refractivity contribution in [1.29, 1.82) is 0 Å². The second kappa shape index (κ2) is 6.61. The van der Waals surface area contributed by atoms with E-state index >= 15 is 0 Å². The van der Waals surface area contributed by atoms with Crippen LogP contribution in [0.4, 0.5) is 13.2 Å². The van der Waals surface area contributed by atoms with Crippen molar-refractivity contribution in [2.75, 3.05) is 19.8 Å².